The molecule has 3 nitrogen and oxygen atoms in total. The minimum atomic E-state index is 0.0797. The third-order valence-corrected chi connectivity index (χ3v) is 4.44. The van der Waals surface area contributed by atoms with Crippen LogP contribution in [0.4, 0.5) is 0 Å². The predicted molar refractivity (Wildman–Crippen MR) is 72.7 cm³/mol. The number of morpholine rings is 1. The van der Waals surface area contributed by atoms with E-state index in [1.807, 2.05) is 13.0 Å². The van der Waals surface area contributed by atoms with Crippen molar-refractivity contribution in [1.29, 1.82) is 0 Å². The van der Waals surface area contributed by atoms with Crippen LogP contribution in [0.15, 0.2) is 11.4 Å². The molecule has 1 aliphatic rings. The Balaban J connectivity index is 2.02. The molecule has 0 aromatic carbocycles. The van der Waals surface area contributed by atoms with E-state index < -0.39 is 0 Å². The molecule has 0 amide bonds. The second-order valence-electron chi connectivity index (χ2n) is 4.62. The molecule has 17 heavy (non-hydrogen) atoms. The van der Waals surface area contributed by atoms with Gasteiger partial charge < -0.3 is 10.5 Å². The largest absolute Gasteiger partial charge is 0.374 e. The van der Waals surface area contributed by atoms with Gasteiger partial charge in [-0.2, -0.15) is 0 Å². The predicted octanol–water partition coefficient (Wildman–Crippen LogP) is 2.51. The third kappa shape index (κ3) is 3.20. The molecule has 2 heterocycles. The smallest absolute Gasteiger partial charge is 0.0931 e. The Hall–Kier alpha value is -0.130. The molecule has 2 rings (SSSR count). The maximum atomic E-state index is 5.98. The van der Waals surface area contributed by atoms with Gasteiger partial charge in [-0.25, -0.2) is 0 Å². The van der Waals surface area contributed by atoms with E-state index in [0.29, 0.717) is 6.04 Å². The first-order valence-electron chi connectivity index (χ1n) is 5.93. The van der Waals surface area contributed by atoms with Crippen LogP contribution in [0.25, 0.3) is 0 Å². The lowest BCUT2D eigenvalue weighted by Crippen LogP contribution is -2.50. The normalized spacial score (nSPS) is 25.8. The number of halogens is 1. The fourth-order valence-electron chi connectivity index (χ4n) is 2.12. The van der Waals surface area contributed by atoms with E-state index in [2.05, 4.69) is 17.2 Å². The molecule has 1 aromatic heterocycles. The fraction of sp³-hybridized carbons (Fsp3) is 0.667. The Labute approximate surface area is 112 Å². The summed E-state index contributed by atoms with van der Waals surface area (Å²) in [5, 5.41) is 2.13. The van der Waals surface area contributed by atoms with Crippen LogP contribution in [0.3, 0.4) is 0 Å². The Morgan fingerprint density at radius 2 is 2.35 bits per heavy atom. The standard InChI is InChI=1S/C12H19ClN2OS/c1-8(14)11-6-15(3-4-16-11)9(2)10-5-12(13)17-7-10/h5,7-9,11H,3-4,6,14H2,1-2H3. The summed E-state index contributed by atoms with van der Waals surface area (Å²) in [6, 6.07) is 2.51. The molecule has 2 N–H and O–H groups in total. The van der Waals surface area contributed by atoms with E-state index in [9.17, 15) is 0 Å². The van der Waals surface area contributed by atoms with Gasteiger partial charge in [0.15, 0.2) is 0 Å². The molecule has 1 saturated heterocycles. The Kier molecular flexibility index (Phi) is 4.44. The Bertz CT molecular complexity index is 369. The number of thiophene rings is 1. The van der Waals surface area contributed by atoms with Crippen molar-refractivity contribution in [2.45, 2.75) is 32.0 Å². The second kappa shape index (κ2) is 5.67. The minimum Gasteiger partial charge on any atom is -0.374 e. The molecule has 5 heteroatoms. The number of hydrogen-bond acceptors (Lipinski definition) is 4. The molecule has 1 aromatic rings. The van der Waals surface area contributed by atoms with E-state index in [0.717, 1.165) is 24.0 Å². The van der Waals surface area contributed by atoms with Crippen LogP contribution in [0.5, 0.6) is 0 Å². The zero-order chi connectivity index (χ0) is 12.4. The van der Waals surface area contributed by atoms with Crippen LogP contribution in [-0.4, -0.2) is 36.7 Å². The van der Waals surface area contributed by atoms with Crippen molar-refractivity contribution in [2.75, 3.05) is 19.7 Å². The molecule has 3 unspecified atom stereocenters. The number of ether oxygens (including phenoxy) is 1. The monoisotopic (exact) mass is 274 g/mol. The highest BCUT2D eigenvalue weighted by molar-refractivity contribution is 7.14. The van der Waals surface area contributed by atoms with Gasteiger partial charge >= 0.3 is 0 Å². The highest BCUT2D eigenvalue weighted by Crippen LogP contribution is 2.29. The summed E-state index contributed by atoms with van der Waals surface area (Å²) in [5.41, 5.74) is 7.18. The molecule has 0 bridgehead atoms. The zero-order valence-corrected chi connectivity index (χ0v) is 11.8. The van der Waals surface area contributed by atoms with Gasteiger partial charge in [-0.15, -0.1) is 11.3 Å². The number of hydrogen-bond donors (Lipinski definition) is 1. The highest BCUT2D eigenvalue weighted by Gasteiger charge is 2.27. The lowest BCUT2D eigenvalue weighted by atomic mass is 10.1. The minimum absolute atomic E-state index is 0.0797. The first kappa shape index (κ1) is 13.3. The topological polar surface area (TPSA) is 38.5 Å². The summed E-state index contributed by atoms with van der Waals surface area (Å²) < 4.78 is 6.52. The van der Waals surface area contributed by atoms with Gasteiger partial charge in [0.05, 0.1) is 17.0 Å². The van der Waals surface area contributed by atoms with E-state index in [1.54, 1.807) is 11.3 Å². The maximum Gasteiger partial charge on any atom is 0.0931 e. The van der Waals surface area contributed by atoms with Crippen molar-refractivity contribution in [3.63, 3.8) is 0 Å². The first-order valence-corrected chi connectivity index (χ1v) is 7.19. The molecular weight excluding hydrogens is 256 g/mol. The van der Waals surface area contributed by atoms with Gasteiger partial charge in [-0.3, -0.25) is 4.90 Å². The first-order chi connectivity index (χ1) is 8.08. The van der Waals surface area contributed by atoms with Gasteiger partial charge in [0.2, 0.25) is 0 Å². The average molecular weight is 275 g/mol. The quantitative estimate of drug-likeness (QED) is 0.920. The molecule has 1 fully saturated rings. The summed E-state index contributed by atoms with van der Waals surface area (Å²) in [6.07, 6.45) is 0.139. The average Bonchev–Trinajstić information content (AvgIpc) is 2.75. The third-order valence-electron chi connectivity index (χ3n) is 3.33. The Morgan fingerprint density at radius 3 is 2.94 bits per heavy atom. The molecule has 0 aliphatic carbocycles. The molecule has 3 atom stereocenters. The van der Waals surface area contributed by atoms with Crippen LogP contribution >= 0.6 is 22.9 Å². The lowest BCUT2D eigenvalue weighted by Gasteiger charge is -2.38. The summed E-state index contributed by atoms with van der Waals surface area (Å²) in [6.45, 7) is 6.82. The molecule has 0 radical (unpaired) electrons. The van der Waals surface area contributed by atoms with Crippen molar-refractivity contribution >= 4 is 22.9 Å². The fourth-order valence-corrected chi connectivity index (χ4v) is 3.10. The SMILES string of the molecule is CC(N)C1CN(C(C)c2csc(Cl)c2)CCO1. The highest BCUT2D eigenvalue weighted by atomic mass is 35.5. The molecule has 0 saturated carbocycles. The molecular formula is C12H19ClN2OS. The van der Waals surface area contributed by atoms with E-state index in [1.165, 1.54) is 5.56 Å². The summed E-state index contributed by atoms with van der Waals surface area (Å²) in [5.74, 6) is 0. The summed E-state index contributed by atoms with van der Waals surface area (Å²) in [7, 11) is 0. The number of nitrogens with zero attached hydrogens (tertiary/aromatic N) is 1. The zero-order valence-electron chi connectivity index (χ0n) is 10.2. The van der Waals surface area contributed by atoms with Crippen LogP contribution in [0.1, 0.15) is 25.5 Å². The lowest BCUT2D eigenvalue weighted by molar-refractivity contribution is -0.0497. The number of rotatable bonds is 3. The van der Waals surface area contributed by atoms with Crippen LogP contribution in [0.2, 0.25) is 4.34 Å². The van der Waals surface area contributed by atoms with Crippen molar-refractivity contribution in [3.05, 3.63) is 21.3 Å². The van der Waals surface area contributed by atoms with Crippen molar-refractivity contribution in [2.24, 2.45) is 5.73 Å². The van der Waals surface area contributed by atoms with Crippen molar-refractivity contribution in [3.8, 4) is 0 Å². The van der Waals surface area contributed by atoms with Crippen molar-refractivity contribution < 1.29 is 4.74 Å². The van der Waals surface area contributed by atoms with Gasteiger partial charge in [0.1, 0.15) is 0 Å². The molecule has 96 valence electrons. The van der Waals surface area contributed by atoms with E-state index in [-0.39, 0.29) is 12.1 Å². The van der Waals surface area contributed by atoms with Crippen LogP contribution in [-0.2, 0) is 4.74 Å². The van der Waals surface area contributed by atoms with E-state index >= 15 is 0 Å². The van der Waals surface area contributed by atoms with Gasteiger partial charge in [0.25, 0.3) is 0 Å². The van der Waals surface area contributed by atoms with Crippen LogP contribution < -0.4 is 5.73 Å². The van der Waals surface area contributed by atoms with Crippen molar-refractivity contribution in [1.82, 2.24) is 4.90 Å². The second-order valence-corrected chi connectivity index (χ2v) is 6.17. The summed E-state index contributed by atoms with van der Waals surface area (Å²) in [4.78, 5) is 2.41. The number of nitrogens with two attached hydrogens (primary N) is 1. The maximum absolute atomic E-state index is 5.98. The molecule has 0 spiro atoms. The molecule has 1 aliphatic heterocycles. The summed E-state index contributed by atoms with van der Waals surface area (Å²) >= 11 is 7.56. The van der Waals surface area contributed by atoms with Gasteiger partial charge in [0, 0.05) is 25.2 Å². The Morgan fingerprint density at radius 1 is 1.59 bits per heavy atom. The van der Waals surface area contributed by atoms with Gasteiger partial charge in [-0.1, -0.05) is 11.6 Å². The van der Waals surface area contributed by atoms with E-state index in [4.69, 9.17) is 22.1 Å². The van der Waals surface area contributed by atoms with Gasteiger partial charge in [-0.05, 0) is 30.9 Å². The van der Waals surface area contributed by atoms with Crippen LogP contribution in [0, 0.1) is 0 Å².